The van der Waals surface area contributed by atoms with Crippen LogP contribution in [0.15, 0.2) is 49.1 Å². The quantitative estimate of drug-likeness (QED) is 0.566. The first-order chi connectivity index (χ1) is 10.5. The molecule has 0 aliphatic heterocycles. The standard InChI is InChI=1S/C16H18N4Se2/c1-17-6-8-19(15(17)21)11-13-4-3-5-14(10-13)12-20-9-7-18(2)16(20)22/h3-10H,11-12H2,1-2H3. The van der Waals surface area contributed by atoms with Gasteiger partial charge < -0.3 is 0 Å². The molecule has 2 heterocycles. The van der Waals surface area contributed by atoms with Crippen molar-refractivity contribution in [2.45, 2.75) is 13.1 Å². The second kappa shape index (κ2) is 6.43. The summed E-state index contributed by atoms with van der Waals surface area (Å²) in [5, 5.41) is 0. The van der Waals surface area contributed by atoms with Crippen LogP contribution in [0.1, 0.15) is 11.1 Å². The number of aromatic nitrogens is 4. The molecule has 0 saturated carbocycles. The van der Waals surface area contributed by atoms with E-state index in [0.717, 1.165) is 21.7 Å². The first-order valence-corrected chi connectivity index (χ1v) is 8.77. The molecule has 0 atom stereocenters. The second-order valence-electron chi connectivity index (χ2n) is 5.46. The van der Waals surface area contributed by atoms with Gasteiger partial charge in [-0.25, -0.2) is 0 Å². The predicted octanol–water partition coefficient (Wildman–Crippen LogP) is 1.46. The molecule has 22 heavy (non-hydrogen) atoms. The first kappa shape index (κ1) is 15.6. The molecule has 3 rings (SSSR count). The summed E-state index contributed by atoms with van der Waals surface area (Å²) in [6.45, 7) is 1.75. The summed E-state index contributed by atoms with van der Waals surface area (Å²) < 4.78 is 10.9. The van der Waals surface area contributed by atoms with E-state index >= 15 is 0 Å². The van der Waals surface area contributed by atoms with Crippen molar-refractivity contribution in [3.8, 4) is 0 Å². The third-order valence-corrected chi connectivity index (χ3v) is 5.92. The Balaban J connectivity index is 1.84. The van der Waals surface area contributed by atoms with Crippen molar-refractivity contribution in [1.29, 1.82) is 0 Å². The number of rotatable bonds is 4. The van der Waals surface area contributed by atoms with Gasteiger partial charge >= 0.3 is 145 Å². The summed E-state index contributed by atoms with van der Waals surface area (Å²) in [5.41, 5.74) is 2.62. The van der Waals surface area contributed by atoms with E-state index in [4.69, 9.17) is 0 Å². The molecule has 0 amide bonds. The Hall–Kier alpha value is -1.32. The Labute approximate surface area is 145 Å². The van der Waals surface area contributed by atoms with E-state index in [2.05, 4.69) is 98.5 Å². The topological polar surface area (TPSA) is 19.7 Å². The minimum absolute atomic E-state index is 0.877. The van der Waals surface area contributed by atoms with Crippen LogP contribution in [0.5, 0.6) is 0 Å². The molecule has 0 fully saturated rings. The Morgan fingerprint density at radius 3 is 1.59 bits per heavy atom. The van der Waals surface area contributed by atoms with Crippen LogP contribution in [-0.4, -0.2) is 49.4 Å². The summed E-state index contributed by atoms with van der Waals surface area (Å²) in [6, 6.07) is 8.77. The van der Waals surface area contributed by atoms with Gasteiger partial charge in [-0.1, -0.05) is 0 Å². The second-order valence-corrected chi connectivity index (χ2v) is 6.99. The zero-order valence-corrected chi connectivity index (χ0v) is 16.1. The van der Waals surface area contributed by atoms with Gasteiger partial charge in [-0.3, -0.25) is 0 Å². The Morgan fingerprint density at radius 2 is 1.23 bits per heavy atom. The maximum absolute atomic E-state index is 3.12. The normalized spacial score (nSPS) is 11.0. The summed E-state index contributed by atoms with van der Waals surface area (Å²) in [7, 11) is 4.09. The fraction of sp³-hybridized carbons (Fsp3) is 0.250. The summed E-state index contributed by atoms with van der Waals surface area (Å²) >= 11 is 6.24. The molecule has 0 spiro atoms. The van der Waals surface area contributed by atoms with Crippen molar-refractivity contribution in [3.05, 3.63) is 68.8 Å². The molecule has 0 unspecified atom stereocenters. The van der Waals surface area contributed by atoms with Gasteiger partial charge in [0, 0.05) is 0 Å². The first-order valence-electron chi connectivity index (χ1n) is 7.06. The molecule has 0 radical (unpaired) electrons. The number of benzene rings is 1. The van der Waals surface area contributed by atoms with Gasteiger partial charge in [0.25, 0.3) is 0 Å². The Kier molecular flexibility index (Phi) is 4.55. The molecule has 1 aromatic carbocycles. The van der Waals surface area contributed by atoms with Crippen LogP contribution < -0.4 is 0 Å². The number of aryl methyl sites for hydroxylation is 2. The van der Waals surface area contributed by atoms with E-state index in [1.807, 2.05) is 14.1 Å². The third-order valence-electron chi connectivity index (χ3n) is 3.73. The number of hydrogen-bond donors (Lipinski definition) is 0. The fourth-order valence-corrected chi connectivity index (χ4v) is 3.26. The van der Waals surface area contributed by atoms with Crippen LogP contribution in [0.3, 0.4) is 0 Å². The van der Waals surface area contributed by atoms with Gasteiger partial charge in [-0.15, -0.1) is 0 Å². The third kappa shape index (κ3) is 3.21. The molecule has 4 nitrogen and oxygen atoms in total. The van der Waals surface area contributed by atoms with Gasteiger partial charge in [0.15, 0.2) is 0 Å². The summed E-state index contributed by atoms with van der Waals surface area (Å²) in [5.74, 6) is 0. The van der Waals surface area contributed by atoms with Crippen LogP contribution in [0.4, 0.5) is 0 Å². The SMILES string of the molecule is Cn1ccn(Cc2cccc(Cn3ccn(C)c3=[Se])c2)c1=[Se]. The van der Waals surface area contributed by atoms with E-state index in [0.29, 0.717) is 0 Å². The van der Waals surface area contributed by atoms with E-state index in [1.165, 1.54) is 11.1 Å². The van der Waals surface area contributed by atoms with Crippen molar-refractivity contribution in [2.24, 2.45) is 14.1 Å². The molecule has 0 N–H and O–H groups in total. The van der Waals surface area contributed by atoms with Gasteiger partial charge in [-0.2, -0.15) is 0 Å². The monoisotopic (exact) mass is 426 g/mol. The molecule has 114 valence electrons. The average Bonchev–Trinajstić information content (AvgIpc) is 2.98. The molecule has 0 aliphatic carbocycles. The van der Waals surface area contributed by atoms with Crippen molar-refractivity contribution in [3.63, 3.8) is 0 Å². The molecular weight excluding hydrogens is 406 g/mol. The minimum atomic E-state index is 0.877. The van der Waals surface area contributed by atoms with Crippen LogP contribution in [0, 0.1) is 8.65 Å². The number of nitrogens with zero attached hydrogens (tertiary/aromatic N) is 4. The van der Waals surface area contributed by atoms with Crippen molar-refractivity contribution in [2.75, 3.05) is 0 Å². The molecular formula is C16H18N4Se2. The van der Waals surface area contributed by atoms with Crippen molar-refractivity contribution >= 4 is 31.2 Å². The Morgan fingerprint density at radius 1 is 0.773 bits per heavy atom. The van der Waals surface area contributed by atoms with E-state index in [1.54, 1.807) is 0 Å². The van der Waals surface area contributed by atoms with Crippen molar-refractivity contribution < 1.29 is 0 Å². The summed E-state index contributed by atoms with van der Waals surface area (Å²) in [6.07, 6.45) is 8.33. The Bertz CT molecular complexity index is 839. The van der Waals surface area contributed by atoms with Crippen molar-refractivity contribution in [1.82, 2.24) is 18.3 Å². The van der Waals surface area contributed by atoms with Gasteiger partial charge in [0.2, 0.25) is 0 Å². The predicted molar refractivity (Wildman–Crippen MR) is 89.4 cm³/mol. The van der Waals surface area contributed by atoms with Crippen LogP contribution in [0.25, 0.3) is 0 Å². The molecule has 6 heteroatoms. The maximum atomic E-state index is 3.12. The zero-order chi connectivity index (χ0) is 15.7. The molecule has 0 saturated heterocycles. The van der Waals surface area contributed by atoms with Gasteiger partial charge in [0.1, 0.15) is 0 Å². The average molecular weight is 424 g/mol. The van der Waals surface area contributed by atoms with Crippen LogP contribution in [-0.2, 0) is 27.2 Å². The molecule has 0 bridgehead atoms. The zero-order valence-electron chi connectivity index (χ0n) is 12.6. The summed E-state index contributed by atoms with van der Waals surface area (Å²) in [4.78, 5) is 0. The fourth-order valence-electron chi connectivity index (χ4n) is 2.48. The van der Waals surface area contributed by atoms with E-state index in [-0.39, 0.29) is 0 Å². The van der Waals surface area contributed by atoms with Crippen LogP contribution in [0.2, 0.25) is 0 Å². The van der Waals surface area contributed by atoms with E-state index < -0.39 is 0 Å². The van der Waals surface area contributed by atoms with Crippen LogP contribution >= 0.6 is 0 Å². The molecule has 3 aromatic rings. The van der Waals surface area contributed by atoms with Gasteiger partial charge in [0.05, 0.1) is 0 Å². The van der Waals surface area contributed by atoms with E-state index in [9.17, 15) is 0 Å². The molecule has 2 aromatic heterocycles. The number of hydrogen-bond acceptors (Lipinski definition) is 0. The molecule has 0 aliphatic rings. The number of imidazole rings is 2. The van der Waals surface area contributed by atoms with Gasteiger partial charge in [-0.05, 0) is 0 Å².